The molecule has 3 aromatic rings. The molecule has 24 heavy (non-hydrogen) atoms. The number of aryl methyl sites for hydroxylation is 1. The molecule has 0 saturated carbocycles. The summed E-state index contributed by atoms with van der Waals surface area (Å²) >= 11 is 0. The lowest BCUT2D eigenvalue weighted by Crippen LogP contribution is -2.06. The molecule has 0 aliphatic carbocycles. The maximum atomic E-state index is 14.0. The fourth-order valence-corrected chi connectivity index (χ4v) is 2.49. The number of nitriles is 1. The number of para-hydroxylation sites is 1. The molecule has 0 atom stereocenters. The molecule has 0 aliphatic rings. The molecule has 4 nitrogen and oxygen atoms in total. The summed E-state index contributed by atoms with van der Waals surface area (Å²) in [6.45, 7) is 2.08. The summed E-state index contributed by atoms with van der Waals surface area (Å²) in [6.07, 6.45) is 0. The number of ether oxygens (including phenoxy) is 1. The highest BCUT2D eigenvalue weighted by Crippen LogP contribution is 2.33. The van der Waals surface area contributed by atoms with E-state index < -0.39 is 0 Å². The number of aromatic nitrogens is 1. The first-order chi connectivity index (χ1) is 11.6. The van der Waals surface area contributed by atoms with Crippen LogP contribution in [0, 0.1) is 24.1 Å². The van der Waals surface area contributed by atoms with E-state index >= 15 is 0 Å². The quantitative estimate of drug-likeness (QED) is 0.782. The van der Waals surface area contributed by atoms with Crippen molar-refractivity contribution >= 4 is 5.69 Å². The van der Waals surface area contributed by atoms with Gasteiger partial charge in [0.1, 0.15) is 23.3 Å². The Labute approximate surface area is 139 Å². The summed E-state index contributed by atoms with van der Waals surface area (Å²) in [4.78, 5) is 0. The Kier molecular flexibility index (Phi) is 4.21. The van der Waals surface area contributed by atoms with Gasteiger partial charge in [0.25, 0.3) is 0 Å². The number of halogens is 1. The summed E-state index contributed by atoms with van der Waals surface area (Å²) in [5, 5.41) is 9.35. The molecule has 5 heteroatoms. The molecule has 2 aromatic carbocycles. The molecule has 1 heterocycles. The molecular formula is C19H16FN3O. The molecule has 0 amide bonds. The van der Waals surface area contributed by atoms with Gasteiger partial charge in [-0.25, -0.2) is 4.39 Å². The zero-order valence-corrected chi connectivity index (χ0v) is 13.2. The van der Waals surface area contributed by atoms with Gasteiger partial charge in [0, 0.05) is 11.6 Å². The zero-order valence-electron chi connectivity index (χ0n) is 13.2. The highest BCUT2D eigenvalue weighted by Gasteiger charge is 2.17. The minimum absolute atomic E-state index is 0.161. The molecule has 0 radical (unpaired) electrons. The lowest BCUT2D eigenvalue weighted by atomic mass is 10.2. The first kappa shape index (κ1) is 15.6. The fraction of sp³-hybridized carbons (Fsp3) is 0.105. The van der Waals surface area contributed by atoms with Gasteiger partial charge in [0.15, 0.2) is 0 Å². The van der Waals surface area contributed by atoms with Gasteiger partial charge < -0.3 is 10.5 Å². The van der Waals surface area contributed by atoms with Gasteiger partial charge in [0.05, 0.1) is 12.2 Å². The molecule has 1 aromatic heterocycles. The maximum absolute atomic E-state index is 14.0. The van der Waals surface area contributed by atoms with E-state index in [0.717, 1.165) is 5.56 Å². The topological polar surface area (TPSA) is 64.0 Å². The Balaban J connectivity index is 2.04. The van der Waals surface area contributed by atoms with E-state index in [1.165, 1.54) is 12.1 Å². The lowest BCUT2D eigenvalue weighted by Gasteiger charge is -2.14. The number of hydrogen-bond donors (Lipinski definition) is 1. The fourth-order valence-electron chi connectivity index (χ4n) is 2.49. The number of nitrogen functional groups attached to an aromatic ring is 1. The second-order valence-corrected chi connectivity index (χ2v) is 5.45. The molecule has 0 saturated heterocycles. The van der Waals surface area contributed by atoms with E-state index in [1.54, 1.807) is 22.8 Å². The van der Waals surface area contributed by atoms with Crippen LogP contribution in [0.1, 0.15) is 16.8 Å². The van der Waals surface area contributed by atoms with Gasteiger partial charge in [-0.1, -0.05) is 36.4 Å². The molecule has 0 spiro atoms. The van der Waals surface area contributed by atoms with Crippen LogP contribution in [0.3, 0.4) is 0 Å². The van der Waals surface area contributed by atoms with Gasteiger partial charge in [-0.05, 0) is 24.6 Å². The summed E-state index contributed by atoms with van der Waals surface area (Å²) in [5.74, 6) is 0.640. The van der Waals surface area contributed by atoms with Crippen LogP contribution in [0.5, 0.6) is 11.6 Å². The second-order valence-electron chi connectivity index (χ2n) is 5.45. The predicted molar refractivity (Wildman–Crippen MR) is 90.3 cm³/mol. The van der Waals surface area contributed by atoms with Crippen LogP contribution in [-0.2, 0) is 6.54 Å². The van der Waals surface area contributed by atoms with Crippen LogP contribution in [0.25, 0.3) is 0 Å². The van der Waals surface area contributed by atoms with Gasteiger partial charge in [-0.3, -0.25) is 4.57 Å². The first-order valence-corrected chi connectivity index (χ1v) is 7.46. The SMILES string of the molecule is Cc1ccccc1Oc1c(N)cc(C#N)n1Cc1ccccc1F. The Morgan fingerprint density at radius 2 is 1.88 bits per heavy atom. The summed E-state index contributed by atoms with van der Waals surface area (Å²) in [6, 6.07) is 17.5. The third-order valence-corrected chi connectivity index (χ3v) is 3.78. The van der Waals surface area contributed by atoms with Crippen LogP contribution in [0.4, 0.5) is 10.1 Å². The molecule has 120 valence electrons. The lowest BCUT2D eigenvalue weighted by molar-refractivity contribution is 0.432. The molecule has 0 aliphatic heterocycles. The maximum Gasteiger partial charge on any atom is 0.224 e. The van der Waals surface area contributed by atoms with E-state index in [2.05, 4.69) is 6.07 Å². The Hall–Kier alpha value is -3.26. The average molecular weight is 321 g/mol. The third-order valence-electron chi connectivity index (χ3n) is 3.78. The molecule has 0 bridgehead atoms. The zero-order chi connectivity index (χ0) is 17.1. The van der Waals surface area contributed by atoms with Crippen molar-refractivity contribution in [2.75, 3.05) is 5.73 Å². The van der Waals surface area contributed by atoms with Crippen molar-refractivity contribution in [2.45, 2.75) is 13.5 Å². The Morgan fingerprint density at radius 3 is 2.58 bits per heavy atom. The third kappa shape index (κ3) is 2.95. The summed E-state index contributed by atoms with van der Waals surface area (Å²) < 4.78 is 21.5. The van der Waals surface area contributed by atoms with Crippen LogP contribution >= 0.6 is 0 Å². The number of nitrogens with zero attached hydrogens (tertiary/aromatic N) is 2. The minimum Gasteiger partial charge on any atom is -0.438 e. The summed E-state index contributed by atoms with van der Waals surface area (Å²) in [7, 11) is 0. The molecule has 3 rings (SSSR count). The molecule has 0 fully saturated rings. The molecule has 2 N–H and O–H groups in total. The monoisotopic (exact) mass is 321 g/mol. The Morgan fingerprint density at radius 1 is 1.17 bits per heavy atom. The van der Waals surface area contributed by atoms with Gasteiger partial charge in [0.2, 0.25) is 5.88 Å². The number of benzene rings is 2. The second kappa shape index (κ2) is 6.47. The van der Waals surface area contributed by atoms with Crippen molar-refractivity contribution in [1.29, 1.82) is 5.26 Å². The minimum atomic E-state index is -0.337. The molecule has 0 unspecified atom stereocenters. The largest absolute Gasteiger partial charge is 0.438 e. The van der Waals surface area contributed by atoms with Crippen LogP contribution in [0.15, 0.2) is 54.6 Å². The van der Waals surface area contributed by atoms with E-state index in [4.69, 9.17) is 10.5 Å². The van der Waals surface area contributed by atoms with Crippen molar-refractivity contribution in [3.8, 4) is 17.7 Å². The van der Waals surface area contributed by atoms with Gasteiger partial charge in [-0.15, -0.1) is 0 Å². The Bertz CT molecular complexity index is 925. The van der Waals surface area contributed by atoms with E-state index in [0.29, 0.717) is 28.6 Å². The highest BCUT2D eigenvalue weighted by atomic mass is 19.1. The van der Waals surface area contributed by atoms with Crippen LogP contribution in [0.2, 0.25) is 0 Å². The average Bonchev–Trinajstić information content (AvgIpc) is 2.87. The van der Waals surface area contributed by atoms with E-state index in [-0.39, 0.29) is 12.4 Å². The van der Waals surface area contributed by atoms with Crippen molar-refractivity contribution < 1.29 is 9.13 Å². The van der Waals surface area contributed by atoms with Gasteiger partial charge in [-0.2, -0.15) is 5.26 Å². The van der Waals surface area contributed by atoms with Crippen LogP contribution in [-0.4, -0.2) is 4.57 Å². The van der Waals surface area contributed by atoms with Crippen LogP contribution < -0.4 is 10.5 Å². The van der Waals surface area contributed by atoms with Crippen molar-refractivity contribution in [3.63, 3.8) is 0 Å². The van der Waals surface area contributed by atoms with Crippen molar-refractivity contribution in [1.82, 2.24) is 4.57 Å². The predicted octanol–water partition coefficient (Wildman–Crippen LogP) is 4.23. The van der Waals surface area contributed by atoms with Crippen molar-refractivity contribution in [3.05, 3.63) is 77.2 Å². The van der Waals surface area contributed by atoms with Gasteiger partial charge >= 0.3 is 0 Å². The van der Waals surface area contributed by atoms with E-state index in [1.807, 2.05) is 31.2 Å². The number of rotatable bonds is 4. The smallest absolute Gasteiger partial charge is 0.224 e. The van der Waals surface area contributed by atoms with E-state index in [9.17, 15) is 9.65 Å². The number of anilines is 1. The standard InChI is InChI=1S/C19H16FN3O/c1-13-6-2-5-9-18(13)24-19-17(22)10-15(11-21)23(19)12-14-7-3-4-8-16(14)20/h2-10H,12,22H2,1H3. The molecular weight excluding hydrogens is 305 g/mol. The number of hydrogen-bond acceptors (Lipinski definition) is 3. The number of nitrogens with two attached hydrogens (primary N) is 1. The first-order valence-electron chi connectivity index (χ1n) is 7.46. The highest BCUT2D eigenvalue weighted by molar-refractivity contribution is 5.57. The summed E-state index contributed by atoms with van der Waals surface area (Å²) in [5.41, 5.74) is 8.07. The van der Waals surface area contributed by atoms with Crippen molar-refractivity contribution in [2.24, 2.45) is 0 Å². The normalized spacial score (nSPS) is 10.4.